The van der Waals surface area contributed by atoms with Gasteiger partial charge in [-0.05, 0) is 45.4 Å². The second-order valence-corrected chi connectivity index (χ2v) is 4.89. The molecular formula is C14H17ClN2O. The summed E-state index contributed by atoms with van der Waals surface area (Å²) in [5.74, 6) is 1.86. The number of hydrogen-bond acceptors (Lipinski definition) is 3. The number of pyridine rings is 1. The van der Waals surface area contributed by atoms with E-state index in [1.54, 1.807) is 6.20 Å². The van der Waals surface area contributed by atoms with Crippen LogP contribution in [0.1, 0.15) is 35.6 Å². The molecule has 1 atom stereocenters. The molecule has 0 spiro atoms. The quantitative estimate of drug-likeness (QED) is 0.834. The Hall–Kier alpha value is -1.48. The Morgan fingerprint density at radius 3 is 2.61 bits per heavy atom. The first-order valence-corrected chi connectivity index (χ1v) is 6.31. The van der Waals surface area contributed by atoms with Crippen molar-refractivity contribution in [3.05, 3.63) is 46.1 Å². The number of nitrogens with one attached hydrogen (secondary N) is 1. The van der Waals surface area contributed by atoms with E-state index in [9.17, 15) is 0 Å². The van der Waals surface area contributed by atoms with Crippen molar-refractivity contribution in [1.29, 1.82) is 0 Å². The number of furan rings is 1. The molecule has 0 radical (unpaired) electrons. The van der Waals surface area contributed by atoms with Crippen LogP contribution in [0.25, 0.3) is 0 Å². The van der Waals surface area contributed by atoms with Gasteiger partial charge in [-0.15, -0.1) is 0 Å². The van der Waals surface area contributed by atoms with E-state index in [1.165, 1.54) is 0 Å². The molecule has 4 heteroatoms. The first kappa shape index (κ1) is 13.0. The van der Waals surface area contributed by atoms with Crippen molar-refractivity contribution in [2.45, 2.75) is 33.7 Å². The molecule has 0 saturated heterocycles. The molecule has 0 aliphatic carbocycles. The minimum atomic E-state index is 0.128. The molecule has 96 valence electrons. The Balaban J connectivity index is 2.26. The number of aryl methyl sites for hydroxylation is 3. The highest BCUT2D eigenvalue weighted by atomic mass is 35.5. The molecule has 0 fully saturated rings. The lowest BCUT2D eigenvalue weighted by Gasteiger charge is -2.17. The predicted octanol–water partition coefficient (Wildman–Crippen LogP) is 4.43. The normalized spacial score (nSPS) is 12.5. The summed E-state index contributed by atoms with van der Waals surface area (Å²) in [7, 11) is 0. The zero-order chi connectivity index (χ0) is 13.3. The molecule has 18 heavy (non-hydrogen) atoms. The van der Waals surface area contributed by atoms with Crippen molar-refractivity contribution in [2.75, 3.05) is 5.32 Å². The van der Waals surface area contributed by atoms with E-state index in [2.05, 4.69) is 17.2 Å². The van der Waals surface area contributed by atoms with Crippen LogP contribution in [0.2, 0.25) is 5.15 Å². The van der Waals surface area contributed by atoms with Crippen molar-refractivity contribution in [1.82, 2.24) is 4.98 Å². The van der Waals surface area contributed by atoms with Crippen LogP contribution in [-0.4, -0.2) is 4.98 Å². The third kappa shape index (κ3) is 2.51. The Kier molecular flexibility index (Phi) is 3.62. The lowest BCUT2D eigenvalue weighted by Crippen LogP contribution is -2.08. The van der Waals surface area contributed by atoms with Crippen LogP contribution in [0.4, 0.5) is 5.69 Å². The molecule has 3 nitrogen and oxygen atoms in total. The fraction of sp³-hybridized carbons (Fsp3) is 0.357. The summed E-state index contributed by atoms with van der Waals surface area (Å²) in [5.41, 5.74) is 3.11. The highest BCUT2D eigenvalue weighted by molar-refractivity contribution is 6.32. The van der Waals surface area contributed by atoms with Gasteiger partial charge in [0.05, 0.1) is 11.7 Å². The van der Waals surface area contributed by atoms with Crippen LogP contribution < -0.4 is 5.32 Å². The van der Waals surface area contributed by atoms with Gasteiger partial charge < -0.3 is 9.73 Å². The number of aromatic nitrogens is 1. The Labute approximate surface area is 112 Å². The average molecular weight is 265 g/mol. The minimum Gasteiger partial charge on any atom is -0.466 e. The topological polar surface area (TPSA) is 38.1 Å². The summed E-state index contributed by atoms with van der Waals surface area (Å²) in [6.45, 7) is 8.01. The largest absolute Gasteiger partial charge is 0.466 e. The number of nitrogens with zero attached hydrogens (tertiary/aromatic N) is 1. The molecule has 2 rings (SSSR count). The van der Waals surface area contributed by atoms with E-state index in [4.69, 9.17) is 16.0 Å². The second kappa shape index (κ2) is 5.02. The van der Waals surface area contributed by atoms with Gasteiger partial charge in [0.2, 0.25) is 0 Å². The molecule has 0 saturated carbocycles. The fourth-order valence-electron chi connectivity index (χ4n) is 2.07. The van der Waals surface area contributed by atoms with Gasteiger partial charge >= 0.3 is 0 Å². The van der Waals surface area contributed by atoms with E-state index in [0.717, 1.165) is 28.3 Å². The molecule has 0 bridgehead atoms. The highest BCUT2D eigenvalue weighted by Crippen LogP contribution is 2.29. The van der Waals surface area contributed by atoms with Crippen LogP contribution in [0.5, 0.6) is 0 Å². The molecule has 2 aromatic rings. The maximum atomic E-state index is 6.11. The molecule has 0 aromatic carbocycles. The standard InChI is InChI=1S/C14H17ClN2O/c1-8-5-6-16-14(15)13(8)17-10(3)12-7-9(2)18-11(12)4/h5-7,10,17H,1-4H3. The van der Waals surface area contributed by atoms with Gasteiger partial charge in [0.1, 0.15) is 11.5 Å². The van der Waals surface area contributed by atoms with Gasteiger partial charge in [-0.2, -0.15) is 0 Å². The lowest BCUT2D eigenvalue weighted by molar-refractivity contribution is 0.500. The first-order chi connectivity index (χ1) is 8.49. The van der Waals surface area contributed by atoms with Gasteiger partial charge in [-0.25, -0.2) is 4.98 Å². The summed E-state index contributed by atoms with van der Waals surface area (Å²) < 4.78 is 5.55. The van der Waals surface area contributed by atoms with Crippen LogP contribution in [0, 0.1) is 20.8 Å². The van der Waals surface area contributed by atoms with Crippen LogP contribution in [-0.2, 0) is 0 Å². The second-order valence-electron chi connectivity index (χ2n) is 4.53. The molecule has 0 amide bonds. The van der Waals surface area contributed by atoms with Crippen LogP contribution in [0.3, 0.4) is 0 Å². The van der Waals surface area contributed by atoms with Crippen molar-refractivity contribution in [3.8, 4) is 0 Å². The summed E-state index contributed by atoms with van der Waals surface area (Å²) in [6.07, 6.45) is 1.71. The number of anilines is 1. The fourth-order valence-corrected chi connectivity index (χ4v) is 2.33. The Morgan fingerprint density at radius 2 is 2.06 bits per heavy atom. The maximum Gasteiger partial charge on any atom is 0.152 e. The van der Waals surface area contributed by atoms with E-state index in [0.29, 0.717) is 5.15 Å². The molecule has 2 heterocycles. The first-order valence-electron chi connectivity index (χ1n) is 5.93. The molecule has 0 aliphatic heterocycles. The zero-order valence-electron chi connectivity index (χ0n) is 11.0. The molecule has 1 unspecified atom stereocenters. The van der Waals surface area contributed by atoms with Gasteiger partial charge in [0, 0.05) is 11.8 Å². The van der Waals surface area contributed by atoms with Gasteiger partial charge in [-0.3, -0.25) is 0 Å². The maximum absolute atomic E-state index is 6.11. The van der Waals surface area contributed by atoms with Crippen molar-refractivity contribution >= 4 is 17.3 Å². The Bertz CT molecular complexity index is 543. The van der Waals surface area contributed by atoms with Crippen molar-refractivity contribution < 1.29 is 4.42 Å². The van der Waals surface area contributed by atoms with E-state index in [1.807, 2.05) is 32.9 Å². The summed E-state index contributed by atoms with van der Waals surface area (Å²) in [5, 5.41) is 3.89. The minimum absolute atomic E-state index is 0.128. The summed E-state index contributed by atoms with van der Waals surface area (Å²) >= 11 is 6.11. The van der Waals surface area contributed by atoms with Crippen molar-refractivity contribution in [2.24, 2.45) is 0 Å². The summed E-state index contributed by atoms with van der Waals surface area (Å²) in [6, 6.07) is 4.11. The van der Waals surface area contributed by atoms with E-state index in [-0.39, 0.29) is 6.04 Å². The van der Waals surface area contributed by atoms with Crippen LogP contribution >= 0.6 is 11.6 Å². The lowest BCUT2D eigenvalue weighted by atomic mass is 10.1. The molecular weight excluding hydrogens is 248 g/mol. The summed E-state index contributed by atoms with van der Waals surface area (Å²) in [4.78, 5) is 4.09. The third-order valence-electron chi connectivity index (χ3n) is 3.02. The van der Waals surface area contributed by atoms with Gasteiger partial charge in [0.15, 0.2) is 5.15 Å². The van der Waals surface area contributed by atoms with Gasteiger partial charge in [0.25, 0.3) is 0 Å². The average Bonchev–Trinajstić information content (AvgIpc) is 2.63. The Morgan fingerprint density at radius 1 is 1.33 bits per heavy atom. The zero-order valence-corrected chi connectivity index (χ0v) is 11.8. The highest BCUT2D eigenvalue weighted by Gasteiger charge is 2.15. The van der Waals surface area contributed by atoms with E-state index < -0.39 is 0 Å². The van der Waals surface area contributed by atoms with E-state index >= 15 is 0 Å². The van der Waals surface area contributed by atoms with Crippen LogP contribution in [0.15, 0.2) is 22.7 Å². The molecule has 0 aliphatic rings. The number of halogens is 1. The van der Waals surface area contributed by atoms with Gasteiger partial charge in [-0.1, -0.05) is 11.6 Å². The monoisotopic (exact) mass is 264 g/mol. The molecule has 1 N–H and O–H groups in total. The number of hydrogen-bond donors (Lipinski definition) is 1. The predicted molar refractivity (Wildman–Crippen MR) is 74.2 cm³/mol. The SMILES string of the molecule is Cc1cc(C(C)Nc2c(C)ccnc2Cl)c(C)o1. The number of rotatable bonds is 3. The van der Waals surface area contributed by atoms with Crippen molar-refractivity contribution in [3.63, 3.8) is 0 Å². The third-order valence-corrected chi connectivity index (χ3v) is 3.31. The molecule has 2 aromatic heterocycles. The smallest absolute Gasteiger partial charge is 0.152 e.